The van der Waals surface area contributed by atoms with Crippen molar-refractivity contribution in [3.63, 3.8) is 0 Å². The number of aromatic carboxylic acids is 1. The fourth-order valence-corrected chi connectivity index (χ4v) is 3.42. The summed E-state index contributed by atoms with van der Waals surface area (Å²) in [4.78, 5) is 24.6. The number of carboxylic acids is 1. The zero-order chi connectivity index (χ0) is 15.0. The minimum atomic E-state index is -0.995. The number of aryl methyl sites for hydroxylation is 1. The lowest BCUT2D eigenvalue weighted by Crippen LogP contribution is -2.59. The number of rotatable bonds is 2. The predicted octanol–water partition coefficient (Wildman–Crippen LogP) is 1.55. The van der Waals surface area contributed by atoms with Crippen molar-refractivity contribution in [2.75, 3.05) is 24.5 Å². The van der Waals surface area contributed by atoms with Crippen LogP contribution in [-0.2, 0) is 0 Å². The molecule has 2 unspecified atom stereocenters. The summed E-state index contributed by atoms with van der Waals surface area (Å²) in [7, 11) is 0. The van der Waals surface area contributed by atoms with Crippen LogP contribution in [-0.4, -0.2) is 57.7 Å². The second-order valence-electron chi connectivity index (χ2n) is 6.15. The van der Waals surface area contributed by atoms with Crippen LogP contribution in [0.1, 0.15) is 42.4 Å². The molecule has 0 spiro atoms. The van der Waals surface area contributed by atoms with Gasteiger partial charge in [0.25, 0.3) is 0 Å². The van der Waals surface area contributed by atoms with Crippen molar-refractivity contribution < 1.29 is 9.90 Å². The Kier molecular flexibility index (Phi) is 3.80. The number of nitrogens with zero attached hydrogens (tertiary/aromatic N) is 4. The number of hydrogen-bond donors (Lipinski definition) is 1. The Bertz CT molecular complexity index is 548. The molecule has 21 heavy (non-hydrogen) atoms. The number of piperazine rings is 1. The number of piperidine rings is 1. The highest BCUT2D eigenvalue weighted by Gasteiger charge is 2.34. The molecule has 2 fully saturated rings. The molecule has 0 aromatic carbocycles. The van der Waals surface area contributed by atoms with Gasteiger partial charge in [0.15, 0.2) is 5.69 Å². The summed E-state index contributed by atoms with van der Waals surface area (Å²) in [5, 5.41) is 9.17. The van der Waals surface area contributed by atoms with E-state index in [0.717, 1.165) is 13.1 Å². The molecule has 0 radical (unpaired) electrons. The van der Waals surface area contributed by atoms with E-state index in [1.54, 1.807) is 0 Å². The zero-order valence-corrected chi connectivity index (χ0v) is 12.6. The molecule has 3 heterocycles. The largest absolute Gasteiger partial charge is 0.477 e. The van der Waals surface area contributed by atoms with E-state index in [9.17, 15) is 4.79 Å². The highest BCUT2D eigenvalue weighted by atomic mass is 16.4. The first-order valence-corrected chi connectivity index (χ1v) is 7.64. The molecular weight excluding hydrogens is 268 g/mol. The van der Waals surface area contributed by atoms with Crippen molar-refractivity contribution >= 4 is 11.9 Å². The van der Waals surface area contributed by atoms with Crippen molar-refractivity contribution in [3.8, 4) is 0 Å². The fraction of sp³-hybridized carbons (Fsp3) is 0.667. The molecule has 6 heteroatoms. The van der Waals surface area contributed by atoms with E-state index in [1.165, 1.54) is 31.9 Å². The van der Waals surface area contributed by atoms with Crippen molar-refractivity contribution in [2.45, 2.75) is 45.2 Å². The van der Waals surface area contributed by atoms with Gasteiger partial charge in [-0.25, -0.2) is 14.8 Å². The number of fused-ring (bicyclic) bond motifs is 1. The summed E-state index contributed by atoms with van der Waals surface area (Å²) in [5.74, 6) is -0.434. The van der Waals surface area contributed by atoms with Crippen molar-refractivity contribution in [1.29, 1.82) is 0 Å². The van der Waals surface area contributed by atoms with E-state index in [4.69, 9.17) is 5.11 Å². The topological polar surface area (TPSA) is 69.6 Å². The van der Waals surface area contributed by atoms with E-state index in [1.807, 2.05) is 6.92 Å². The molecule has 0 saturated carbocycles. The highest BCUT2D eigenvalue weighted by Crippen LogP contribution is 2.26. The van der Waals surface area contributed by atoms with Gasteiger partial charge in [-0.1, -0.05) is 6.42 Å². The minimum Gasteiger partial charge on any atom is -0.477 e. The number of hydrogen-bond acceptors (Lipinski definition) is 5. The Morgan fingerprint density at radius 3 is 2.90 bits per heavy atom. The molecule has 0 bridgehead atoms. The molecule has 2 aliphatic heterocycles. The van der Waals surface area contributed by atoms with Gasteiger partial charge in [-0.15, -0.1) is 0 Å². The Morgan fingerprint density at radius 2 is 2.14 bits per heavy atom. The summed E-state index contributed by atoms with van der Waals surface area (Å²) < 4.78 is 0. The van der Waals surface area contributed by atoms with Gasteiger partial charge >= 0.3 is 5.97 Å². The molecule has 1 aromatic rings. The maximum Gasteiger partial charge on any atom is 0.354 e. The maximum absolute atomic E-state index is 11.2. The van der Waals surface area contributed by atoms with Crippen molar-refractivity contribution in [1.82, 2.24) is 14.9 Å². The van der Waals surface area contributed by atoms with Gasteiger partial charge in [0.1, 0.15) is 0 Å². The highest BCUT2D eigenvalue weighted by molar-refractivity contribution is 5.85. The SMILES string of the molecule is Cc1cc(C(=O)O)nc(N2CC3CCCCN3CC2C)n1. The van der Waals surface area contributed by atoms with Crippen LogP contribution in [0.4, 0.5) is 5.95 Å². The van der Waals surface area contributed by atoms with Crippen LogP contribution >= 0.6 is 0 Å². The number of carbonyl (C=O) groups is 1. The zero-order valence-electron chi connectivity index (χ0n) is 12.6. The number of aromatic nitrogens is 2. The molecule has 1 aromatic heterocycles. The Balaban J connectivity index is 1.87. The van der Waals surface area contributed by atoms with E-state index in [2.05, 4.69) is 26.7 Å². The third-order valence-corrected chi connectivity index (χ3v) is 4.51. The van der Waals surface area contributed by atoms with Gasteiger partial charge in [-0.3, -0.25) is 4.90 Å². The van der Waals surface area contributed by atoms with Gasteiger partial charge in [0.2, 0.25) is 5.95 Å². The molecule has 0 amide bonds. The van der Waals surface area contributed by atoms with Gasteiger partial charge in [-0.2, -0.15) is 0 Å². The van der Waals surface area contributed by atoms with Crippen LogP contribution < -0.4 is 4.90 Å². The second kappa shape index (κ2) is 5.60. The van der Waals surface area contributed by atoms with Gasteiger partial charge in [-0.05, 0) is 39.3 Å². The lowest BCUT2D eigenvalue weighted by atomic mass is 9.97. The Labute approximate surface area is 124 Å². The van der Waals surface area contributed by atoms with Crippen LogP contribution in [0.5, 0.6) is 0 Å². The lowest BCUT2D eigenvalue weighted by Gasteiger charge is -2.47. The van der Waals surface area contributed by atoms with Crippen LogP contribution in [0.25, 0.3) is 0 Å². The van der Waals surface area contributed by atoms with Crippen molar-refractivity contribution in [3.05, 3.63) is 17.5 Å². The first-order valence-electron chi connectivity index (χ1n) is 7.64. The number of anilines is 1. The molecule has 6 nitrogen and oxygen atoms in total. The summed E-state index contributed by atoms with van der Waals surface area (Å²) in [6.07, 6.45) is 3.77. The second-order valence-corrected chi connectivity index (χ2v) is 6.15. The van der Waals surface area contributed by atoms with Crippen LogP contribution in [0, 0.1) is 6.92 Å². The standard InChI is InChI=1S/C15H22N4O2/c1-10-7-13(14(20)21)17-15(16-10)19-9-12-5-3-4-6-18(12)8-11(19)2/h7,11-12H,3-6,8-9H2,1-2H3,(H,20,21). The molecule has 1 N–H and O–H groups in total. The minimum absolute atomic E-state index is 0.0794. The third-order valence-electron chi connectivity index (χ3n) is 4.51. The smallest absolute Gasteiger partial charge is 0.354 e. The molecule has 0 aliphatic carbocycles. The van der Waals surface area contributed by atoms with Crippen LogP contribution in [0.15, 0.2) is 6.07 Å². The average molecular weight is 290 g/mol. The molecule has 2 saturated heterocycles. The molecule has 114 valence electrons. The summed E-state index contributed by atoms with van der Waals surface area (Å²) in [6.45, 7) is 7.06. The maximum atomic E-state index is 11.2. The monoisotopic (exact) mass is 290 g/mol. The third kappa shape index (κ3) is 2.85. The first-order chi connectivity index (χ1) is 10.0. The van der Waals surface area contributed by atoms with E-state index < -0.39 is 5.97 Å². The van der Waals surface area contributed by atoms with Gasteiger partial charge in [0.05, 0.1) is 0 Å². The van der Waals surface area contributed by atoms with Gasteiger partial charge < -0.3 is 10.0 Å². The molecule has 3 rings (SSSR count). The molecule has 2 aliphatic rings. The van der Waals surface area contributed by atoms with Gasteiger partial charge in [0, 0.05) is 30.9 Å². The Morgan fingerprint density at radius 1 is 1.33 bits per heavy atom. The number of carboxylic acid groups (broad SMARTS) is 1. The molecular formula is C15H22N4O2. The van der Waals surface area contributed by atoms with E-state index in [0.29, 0.717) is 23.7 Å². The van der Waals surface area contributed by atoms with Crippen LogP contribution in [0.3, 0.4) is 0 Å². The quantitative estimate of drug-likeness (QED) is 0.891. The Hall–Kier alpha value is -1.69. The van der Waals surface area contributed by atoms with E-state index in [-0.39, 0.29) is 5.69 Å². The predicted molar refractivity (Wildman–Crippen MR) is 79.7 cm³/mol. The summed E-state index contributed by atoms with van der Waals surface area (Å²) >= 11 is 0. The summed E-state index contributed by atoms with van der Waals surface area (Å²) in [5.41, 5.74) is 0.784. The van der Waals surface area contributed by atoms with E-state index >= 15 is 0 Å². The lowest BCUT2D eigenvalue weighted by molar-refractivity contribution is 0.0690. The fourth-order valence-electron chi connectivity index (χ4n) is 3.42. The molecule has 2 atom stereocenters. The van der Waals surface area contributed by atoms with Crippen LogP contribution in [0.2, 0.25) is 0 Å². The summed E-state index contributed by atoms with van der Waals surface area (Å²) in [6, 6.07) is 2.38. The average Bonchev–Trinajstić information content (AvgIpc) is 2.45. The van der Waals surface area contributed by atoms with Crippen molar-refractivity contribution in [2.24, 2.45) is 0 Å². The normalized spacial score (nSPS) is 26.5. The first kappa shape index (κ1) is 14.3.